The minimum Gasteiger partial charge on any atom is -0.494 e. The number of methoxy groups -OCH3 is 1. The lowest BCUT2D eigenvalue weighted by molar-refractivity contribution is -0.134. The Kier molecular flexibility index (Phi) is 13.0. The number of hydrogen-bond acceptors (Lipinski definition) is 12. The maximum absolute atomic E-state index is 13.6. The van der Waals surface area contributed by atoms with E-state index in [0.29, 0.717) is 83.9 Å². The second-order valence-electron chi connectivity index (χ2n) is 15.3. The number of ether oxygens (including phenoxy) is 1. The van der Waals surface area contributed by atoms with Gasteiger partial charge in [-0.05, 0) is 110 Å². The molecular weight excluding hydrogens is 816 g/mol. The summed E-state index contributed by atoms with van der Waals surface area (Å²) in [7, 11) is 3.22. The number of anilines is 6. The Morgan fingerprint density at radius 3 is 2.44 bits per heavy atom. The zero-order valence-electron chi connectivity index (χ0n) is 33.8. The predicted octanol–water partition coefficient (Wildman–Crippen LogP) is 5.54. The molecule has 3 fully saturated rings. The number of nitrogens with zero attached hydrogens (tertiary/aromatic N) is 5. The van der Waals surface area contributed by atoms with Gasteiger partial charge in [0.15, 0.2) is 0 Å². The van der Waals surface area contributed by atoms with Crippen molar-refractivity contribution in [2.75, 3.05) is 74.3 Å². The van der Waals surface area contributed by atoms with Gasteiger partial charge in [-0.1, -0.05) is 24.3 Å². The first-order valence-corrected chi connectivity index (χ1v) is 20.8. The van der Waals surface area contributed by atoms with Crippen LogP contribution in [0.2, 0.25) is 0 Å². The Morgan fingerprint density at radius 2 is 1.73 bits per heavy atom. The molecule has 3 aromatic carbocycles. The molecule has 7 rings (SSSR count). The highest BCUT2D eigenvalue weighted by Crippen LogP contribution is 2.37. The zero-order chi connectivity index (χ0) is 41.6. The van der Waals surface area contributed by atoms with Crippen LogP contribution in [-0.2, 0) is 14.4 Å². The lowest BCUT2D eigenvalue weighted by Crippen LogP contribution is -2.56. The number of hydrogen-bond donors (Lipinski definition) is 5. The van der Waals surface area contributed by atoms with Crippen LogP contribution in [0.3, 0.4) is 0 Å². The number of piperazine rings is 1. The van der Waals surface area contributed by atoms with E-state index in [1.807, 2.05) is 41.3 Å². The lowest BCUT2D eigenvalue weighted by Gasteiger charge is -2.43. The van der Waals surface area contributed by atoms with E-state index >= 15 is 0 Å². The third-order valence-corrected chi connectivity index (χ3v) is 11.9. The SMILES string of the molecule is CNC(=O)c1ccccc1Nc1nc(Nc2cc(C)c(N3CCN(C(=O)CN4CCC(c5ccc(NC6CCC(=O)NC6=O)cc5)CC4)CC3C)cc2OC)ncc1Br. The average Bonchev–Trinajstić information content (AvgIpc) is 3.24. The highest BCUT2D eigenvalue weighted by Gasteiger charge is 2.31. The van der Waals surface area contributed by atoms with Crippen LogP contribution in [0.5, 0.6) is 5.75 Å². The molecule has 15 nitrogen and oxygen atoms in total. The quantitative estimate of drug-likeness (QED) is 0.113. The first-order chi connectivity index (χ1) is 28.5. The van der Waals surface area contributed by atoms with Crippen molar-refractivity contribution in [3.8, 4) is 5.75 Å². The fraction of sp³-hybridized carbons (Fsp3) is 0.395. The van der Waals surface area contributed by atoms with Crippen LogP contribution < -0.4 is 36.2 Å². The molecule has 16 heteroatoms. The summed E-state index contributed by atoms with van der Waals surface area (Å²) in [6, 6.07) is 19.2. The van der Waals surface area contributed by atoms with E-state index < -0.39 is 6.04 Å². The highest BCUT2D eigenvalue weighted by molar-refractivity contribution is 9.10. The topological polar surface area (TPSA) is 173 Å². The number of carbonyl (C=O) groups is 4. The number of carbonyl (C=O) groups excluding carboxylic acids is 4. The van der Waals surface area contributed by atoms with Crippen molar-refractivity contribution in [2.45, 2.75) is 57.5 Å². The summed E-state index contributed by atoms with van der Waals surface area (Å²) in [5.41, 5.74) is 6.00. The van der Waals surface area contributed by atoms with E-state index in [9.17, 15) is 19.2 Å². The third kappa shape index (κ3) is 9.77. The summed E-state index contributed by atoms with van der Waals surface area (Å²) in [6.07, 6.45) is 4.43. The standard InChI is InChI=1S/C43H51BrN10O5/c1-26-21-35(49-43-46-23-32(44)40(51-43)48-33-8-6-5-7-31(33)41(57)45-3)37(59-4)22-36(26)54-20-19-53(24-27(54)2)39(56)25-52-17-15-29(16-18-52)28-9-11-30(12-10-28)47-34-13-14-38(55)50-42(34)58/h5-12,21-23,27,29,34,47H,13-20,24-25H2,1-4H3,(H,45,57)(H,50,55,58)(H2,46,48,49,51). The smallest absolute Gasteiger partial charge is 0.253 e. The van der Waals surface area contributed by atoms with Gasteiger partial charge in [0.05, 0.1) is 35.1 Å². The van der Waals surface area contributed by atoms with Crippen LogP contribution in [0.1, 0.15) is 60.0 Å². The molecule has 3 aliphatic heterocycles. The summed E-state index contributed by atoms with van der Waals surface area (Å²) in [5.74, 6) is 1.33. The van der Waals surface area contributed by atoms with Crippen LogP contribution in [-0.4, -0.2) is 109 Å². The summed E-state index contributed by atoms with van der Waals surface area (Å²) < 4.78 is 6.48. The number of likely N-dealkylation sites (tertiary alicyclic amines) is 1. The Labute approximate surface area is 352 Å². The summed E-state index contributed by atoms with van der Waals surface area (Å²) in [4.78, 5) is 65.4. The number of aryl methyl sites for hydroxylation is 1. The molecule has 3 aliphatic rings. The van der Waals surface area contributed by atoms with Gasteiger partial charge in [-0.2, -0.15) is 4.98 Å². The molecule has 0 saturated carbocycles. The summed E-state index contributed by atoms with van der Waals surface area (Å²) in [5, 5.41) is 14.9. The molecule has 310 valence electrons. The Bertz CT molecular complexity index is 2200. The number of nitrogens with one attached hydrogen (secondary N) is 5. The van der Waals surface area contributed by atoms with Crippen LogP contribution in [0.25, 0.3) is 0 Å². The van der Waals surface area contributed by atoms with Gasteiger partial charge in [0.1, 0.15) is 17.6 Å². The maximum Gasteiger partial charge on any atom is 0.253 e. The fourth-order valence-electron chi connectivity index (χ4n) is 8.08. The number of piperidine rings is 2. The predicted molar refractivity (Wildman–Crippen MR) is 232 cm³/mol. The number of amides is 4. The second kappa shape index (κ2) is 18.5. The third-order valence-electron chi connectivity index (χ3n) is 11.4. The number of aromatic nitrogens is 2. The largest absolute Gasteiger partial charge is 0.494 e. The monoisotopic (exact) mass is 866 g/mol. The molecule has 5 N–H and O–H groups in total. The summed E-state index contributed by atoms with van der Waals surface area (Å²) in [6.45, 7) is 8.30. The normalized spacial score (nSPS) is 18.9. The van der Waals surface area contributed by atoms with E-state index in [2.05, 4.69) is 88.3 Å². The molecule has 4 amide bonds. The van der Waals surface area contributed by atoms with Crippen molar-refractivity contribution >= 4 is 74.1 Å². The molecule has 1 aromatic heterocycles. The van der Waals surface area contributed by atoms with Gasteiger partial charge in [-0.25, -0.2) is 4.98 Å². The van der Waals surface area contributed by atoms with E-state index in [1.165, 1.54) is 5.56 Å². The number of para-hydroxylation sites is 1. The number of halogens is 1. The van der Waals surface area contributed by atoms with Crippen molar-refractivity contribution in [3.05, 3.63) is 88.0 Å². The van der Waals surface area contributed by atoms with E-state index in [1.54, 1.807) is 32.5 Å². The molecule has 2 atom stereocenters. The highest BCUT2D eigenvalue weighted by atomic mass is 79.9. The molecule has 4 aromatic rings. The molecule has 0 radical (unpaired) electrons. The molecule has 4 heterocycles. The Morgan fingerprint density at radius 1 is 0.966 bits per heavy atom. The van der Waals surface area contributed by atoms with Gasteiger partial charge in [-0.15, -0.1) is 0 Å². The molecule has 2 unspecified atom stereocenters. The Balaban J connectivity index is 0.915. The number of benzene rings is 3. The number of rotatable bonds is 12. The maximum atomic E-state index is 13.6. The zero-order valence-corrected chi connectivity index (χ0v) is 35.4. The van der Waals surface area contributed by atoms with Crippen LogP contribution in [0, 0.1) is 6.92 Å². The van der Waals surface area contributed by atoms with Gasteiger partial charge in [0.25, 0.3) is 5.91 Å². The van der Waals surface area contributed by atoms with Gasteiger partial charge in [-0.3, -0.25) is 29.4 Å². The van der Waals surface area contributed by atoms with Crippen molar-refractivity contribution in [1.82, 2.24) is 30.4 Å². The van der Waals surface area contributed by atoms with Gasteiger partial charge < -0.3 is 35.8 Å². The summed E-state index contributed by atoms with van der Waals surface area (Å²) >= 11 is 3.53. The average molecular weight is 868 g/mol. The minimum absolute atomic E-state index is 0.0919. The van der Waals surface area contributed by atoms with Crippen molar-refractivity contribution in [3.63, 3.8) is 0 Å². The van der Waals surface area contributed by atoms with Crippen LogP contribution in [0.15, 0.2) is 71.3 Å². The van der Waals surface area contributed by atoms with Crippen LogP contribution in [0.4, 0.5) is 34.5 Å². The fourth-order valence-corrected chi connectivity index (χ4v) is 8.37. The molecular formula is C43H51BrN10O5. The molecule has 0 spiro atoms. The van der Waals surface area contributed by atoms with Gasteiger partial charge >= 0.3 is 0 Å². The van der Waals surface area contributed by atoms with E-state index in [-0.39, 0.29) is 29.7 Å². The minimum atomic E-state index is -0.403. The molecule has 59 heavy (non-hydrogen) atoms. The first kappa shape index (κ1) is 41.4. The molecule has 0 aliphatic carbocycles. The second-order valence-corrected chi connectivity index (χ2v) is 16.2. The van der Waals surface area contributed by atoms with Gasteiger partial charge in [0.2, 0.25) is 23.7 Å². The van der Waals surface area contributed by atoms with Crippen molar-refractivity contribution in [2.24, 2.45) is 0 Å². The van der Waals surface area contributed by atoms with Crippen LogP contribution >= 0.6 is 15.9 Å². The molecule has 0 bridgehead atoms. The van der Waals surface area contributed by atoms with Gasteiger partial charge in [0, 0.05) is 62.8 Å². The Hall–Kier alpha value is -5.74. The van der Waals surface area contributed by atoms with E-state index in [0.717, 1.165) is 42.9 Å². The van der Waals surface area contributed by atoms with E-state index in [4.69, 9.17) is 4.74 Å². The molecule has 3 saturated heterocycles. The first-order valence-electron chi connectivity index (χ1n) is 20.0. The van der Waals surface area contributed by atoms with Crippen molar-refractivity contribution < 1.29 is 23.9 Å². The number of imide groups is 1. The lowest BCUT2D eigenvalue weighted by atomic mass is 9.89. The van der Waals surface area contributed by atoms with Crippen molar-refractivity contribution in [1.29, 1.82) is 0 Å².